The number of sulfonamides is 1. The summed E-state index contributed by atoms with van der Waals surface area (Å²) in [5.41, 5.74) is 2.11. The lowest BCUT2D eigenvalue weighted by atomic mass is 10.1. The number of methoxy groups -OCH3 is 1. The number of aryl methyl sites for hydroxylation is 1. The number of hydrogen-bond donors (Lipinski definition) is 1. The van der Waals surface area contributed by atoms with Crippen LogP contribution >= 0.6 is 0 Å². The lowest BCUT2D eigenvalue weighted by molar-refractivity contribution is -0.139. The lowest BCUT2D eigenvalue weighted by Crippen LogP contribution is -2.52. The molecule has 0 spiro atoms. The molecule has 0 aliphatic rings. The summed E-state index contributed by atoms with van der Waals surface area (Å²) in [4.78, 5) is 28.6. The molecule has 0 aliphatic heterocycles. The van der Waals surface area contributed by atoms with Crippen molar-refractivity contribution in [3.8, 4) is 5.75 Å². The van der Waals surface area contributed by atoms with Gasteiger partial charge in [-0.3, -0.25) is 13.9 Å². The zero-order valence-corrected chi connectivity index (χ0v) is 23.9. The zero-order valence-electron chi connectivity index (χ0n) is 23.1. The third kappa shape index (κ3) is 7.38. The highest BCUT2D eigenvalue weighted by atomic mass is 32.2. The van der Waals surface area contributed by atoms with E-state index >= 15 is 0 Å². The Balaban J connectivity index is 2.04. The molecule has 3 rings (SSSR count). The van der Waals surface area contributed by atoms with Crippen LogP contribution in [0.5, 0.6) is 5.75 Å². The number of amides is 2. The molecule has 3 aromatic carbocycles. The van der Waals surface area contributed by atoms with E-state index in [0.29, 0.717) is 5.75 Å². The number of ether oxygens (including phenoxy) is 1. The zero-order chi connectivity index (χ0) is 28.6. The second kappa shape index (κ2) is 13.3. The Morgan fingerprint density at radius 3 is 2.26 bits per heavy atom. The molecule has 0 unspecified atom stereocenters. The van der Waals surface area contributed by atoms with Crippen LogP contribution in [0.15, 0.2) is 83.8 Å². The molecule has 0 fully saturated rings. The van der Waals surface area contributed by atoms with Crippen molar-refractivity contribution in [1.82, 2.24) is 10.2 Å². The molecule has 8 nitrogen and oxygen atoms in total. The predicted octanol–water partition coefficient (Wildman–Crippen LogP) is 4.53. The number of carbonyl (C=O) groups is 2. The fourth-order valence-corrected chi connectivity index (χ4v) is 5.46. The Hall–Kier alpha value is -3.85. The van der Waals surface area contributed by atoms with Crippen LogP contribution in [0, 0.1) is 6.92 Å². The van der Waals surface area contributed by atoms with Crippen molar-refractivity contribution in [3.05, 3.63) is 90.0 Å². The van der Waals surface area contributed by atoms with Gasteiger partial charge in [0.1, 0.15) is 18.3 Å². The summed E-state index contributed by atoms with van der Waals surface area (Å²) in [6, 6.07) is 21.2. The fraction of sp³-hybridized carbons (Fsp3) is 0.333. The summed E-state index contributed by atoms with van der Waals surface area (Å²) in [5.74, 6) is -0.358. The van der Waals surface area contributed by atoms with Crippen LogP contribution in [0.2, 0.25) is 0 Å². The summed E-state index contributed by atoms with van der Waals surface area (Å²) < 4.78 is 34.0. The molecular formula is C30H37N3O5S. The minimum absolute atomic E-state index is 0.0497. The van der Waals surface area contributed by atoms with Gasteiger partial charge < -0.3 is 15.0 Å². The number of rotatable bonds is 12. The standard InChI is InChI=1S/C30H37N3O5S/c1-6-23(3)31-30(35)24(4)32(20-25-14-11-10-13-22(25)2)29(34)21-33(26-15-12-16-27(19-26)38-5)39(36,37)28-17-8-7-9-18-28/h7-19,23-24H,6,20-21H2,1-5H3,(H,31,35)/t23-,24+/m1/s1. The van der Waals surface area contributed by atoms with E-state index in [1.807, 2.05) is 45.0 Å². The van der Waals surface area contributed by atoms with Gasteiger partial charge in [0.15, 0.2) is 0 Å². The normalized spacial score (nSPS) is 12.7. The minimum Gasteiger partial charge on any atom is -0.497 e. The molecule has 0 heterocycles. The fourth-order valence-electron chi connectivity index (χ4n) is 4.03. The smallest absolute Gasteiger partial charge is 0.264 e. The topological polar surface area (TPSA) is 96.0 Å². The number of nitrogens with one attached hydrogen (secondary N) is 1. The van der Waals surface area contributed by atoms with Gasteiger partial charge in [-0.1, -0.05) is 55.5 Å². The maximum atomic E-state index is 14.0. The highest BCUT2D eigenvalue weighted by Gasteiger charge is 2.33. The average Bonchev–Trinajstić information content (AvgIpc) is 2.95. The molecule has 3 aromatic rings. The Morgan fingerprint density at radius 1 is 0.949 bits per heavy atom. The van der Waals surface area contributed by atoms with Crippen LogP contribution in [0.3, 0.4) is 0 Å². The van der Waals surface area contributed by atoms with Crippen molar-refractivity contribution in [2.45, 2.75) is 57.6 Å². The monoisotopic (exact) mass is 551 g/mol. The Bertz CT molecular complexity index is 1380. The number of benzene rings is 3. The van der Waals surface area contributed by atoms with E-state index in [4.69, 9.17) is 4.74 Å². The van der Waals surface area contributed by atoms with E-state index in [9.17, 15) is 18.0 Å². The quantitative estimate of drug-likeness (QED) is 0.357. The van der Waals surface area contributed by atoms with E-state index in [1.54, 1.807) is 49.4 Å². The van der Waals surface area contributed by atoms with Gasteiger partial charge in [0, 0.05) is 18.7 Å². The minimum atomic E-state index is -4.13. The number of carbonyl (C=O) groups excluding carboxylic acids is 2. The van der Waals surface area contributed by atoms with E-state index in [0.717, 1.165) is 21.9 Å². The van der Waals surface area contributed by atoms with E-state index in [1.165, 1.54) is 24.1 Å². The molecule has 208 valence electrons. The first kappa shape index (κ1) is 29.7. The van der Waals surface area contributed by atoms with Gasteiger partial charge in [-0.2, -0.15) is 0 Å². The van der Waals surface area contributed by atoms with Gasteiger partial charge in [0.25, 0.3) is 10.0 Å². The number of hydrogen-bond acceptors (Lipinski definition) is 5. The maximum absolute atomic E-state index is 14.0. The second-order valence-electron chi connectivity index (χ2n) is 9.47. The first-order chi connectivity index (χ1) is 18.6. The lowest BCUT2D eigenvalue weighted by Gasteiger charge is -2.32. The molecular weight excluding hydrogens is 514 g/mol. The molecule has 0 aliphatic carbocycles. The van der Waals surface area contributed by atoms with Crippen molar-refractivity contribution in [3.63, 3.8) is 0 Å². The molecule has 1 N–H and O–H groups in total. The van der Waals surface area contributed by atoms with Gasteiger partial charge in [-0.25, -0.2) is 8.42 Å². The van der Waals surface area contributed by atoms with Crippen molar-refractivity contribution in [2.75, 3.05) is 18.0 Å². The van der Waals surface area contributed by atoms with Crippen molar-refractivity contribution >= 4 is 27.5 Å². The van der Waals surface area contributed by atoms with Gasteiger partial charge in [0.05, 0.1) is 17.7 Å². The summed E-state index contributed by atoms with van der Waals surface area (Å²) in [7, 11) is -2.64. The van der Waals surface area contributed by atoms with Gasteiger partial charge in [-0.15, -0.1) is 0 Å². The van der Waals surface area contributed by atoms with Crippen LogP contribution in [-0.2, 0) is 26.2 Å². The Morgan fingerprint density at radius 2 is 1.62 bits per heavy atom. The third-order valence-corrected chi connectivity index (χ3v) is 8.51. The molecule has 0 aromatic heterocycles. The maximum Gasteiger partial charge on any atom is 0.264 e. The summed E-state index contributed by atoms with van der Waals surface area (Å²) in [5, 5.41) is 2.94. The molecule has 39 heavy (non-hydrogen) atoms. The molecule has 9 heteroatoms. The Labute approximate surface area is 231 Å². The molecule has 0 saturated carbocycles. The summed E-state index contributed by atoms with van der Waals surface area (Å²) in [6.45, 7) is 7.11. The first-order valence-corrected chi connectivity index (χ1v) is 14.4. The predicted molar refractivity (Wildman–Crippen MR) is 153 cm³/mol. The Kier molecular flexibility index (Phi) is 10.1. The van der Waals surface area contributed by atoms with E-state index < -0.39 is 28.5 Å². The van der Waals surface area contributed by atoms with Gasteiger partial charge in [0.2, 0.25) is 11.8 Å². The van der Waals surface area contributed by atoms with Gasteiger partial charge in [-0.05, 0) is 62.6 Å². The van der Waals surface area contributed by atoms with Crippen LogP contribution in [0.25, 0.3) is 0 Å². The SMILES string of the molecule is CC[C@@H](C)NC(=O)[C@H](C)N(Cc1ccccc1C)C(=O)CN(c1cccc(OC)c1)S(=O)(=O)c1ccccc1. The largest absolute Gasteiger partial charge is 0.497 e. The van der Waals surface area contributed by atoms with Crippen LogP contribution in [0.4, 0.5) is 5.69 Å². The van der Waals surface area contributed by atoms with Crippen LogP contribution in [0.1, 0.15) is 38.3 Å². The molecule has 2 amide bonds. The van der Waals surface area contributed by atoms with E-state index in [2.05, 4.69) is 5.32 Å². The van der Waals surface area contributed by atoms with Gasteiger partial charge >= 0.3 is 0 Å². The van der Waals surface area contributed by atoms with Crippen LogP contribution in [-0.4, -0.2) is 50.9 Å². The molecule has 0 saturated heterocycles. The highest BCUT2D eigenvalue weighted by molar-refractivity contribution is 7.92. The molecule has 2 atom stereocenters. The van der Waals surface area contributed by atoms with E-state index in [-0.39, 0.29) is 29.1 Å². The third-order valence-electron chi connectivity index (χ3n) is 6.72. The first-order valence-electron chi connectivity index (χ1n) is 12.9. The number of nitrogens with zero attached hydrogens (tertiary/aromatic N) is 2. The number of anilines is 1. The van der Waals surface area contributed by atoms with Crippen LogP contribution < -0.4 is 14.4 Å². The second-order valence-corrected chi connectivity index (χ2v) is 11.3. The summed E-state index contributed by atoms with van der Waals surface area (Å²) in [6.07, 6.45) is 0.739. The van der Waals surface area contributed by atoms with Crippen molar-refractivity contribution < 1.29 is 22.7 Å². The highest BCUT2D eigenvalue weighted by Crippen LogP contribution is 2.27. The van der Waals surface area contributed by atoms with Crippen molar-refractivity contribution in [1.29, 1.82) is 0 Å². The summed E-state index contributed by atoms with van der Waals surface area (Å²) >= 11 is 0. The average molecular weight is 552 g/mol. The van der Waals surface area contributed by atoms with Crippen molar-refractivity contribution in [2.24, 2.45) is 0 Å². The molecule has 0 bridgehead atoms. The molecule has 0 radical (unpaired) electrons.